The fourth-order valence-electron chi connectivity index (χ4n) is 3.12. The maximum atomic E-state index is 12.5. The topological polar surface area (TPSA) is 29.5 Å². The molecule has 4 heteroatoms. The van der Waals surface area contributed by atoms with Gasteiger partial charge >= 0.3 is 0 Å². The second-order valence-electron chi connectivity index (χ2n) is 6.56. The number of halogens is 1. The molecule has 0 unspecified atom stereocenters. The molecule has 3 nitrogen and oxygen atoms in total. The monoisotopic (exact) mass is 367 g/mol. The maximum Gasteiger partial charge on any atom is 0.260 e. The fraction of sp³-hybridized carbons (Fsp3) is 0.611. The molecule has 0 bridgehead atoms. The van der Waals surface area contributed by atoms with E-state index in [0.29, 0.717) is 18.0 Å². The summed E-state index contributed by atoms with van der Waals surface area (Å²) in [6, 6.07) is 6.69. The van der Waals surface area contributed by atoms with Gasteiger partial charge in [-0.15, -0.1) is 0 Å². The summed E-state index contributed by atoms with van der Waals surface area (Å²) >= 11 is 3.54. The van der Waals surface area contributed by atoms with Crippen molar-refractivity contribution in [2.24, 2.45) is 0 Å². The Balaban J connectivity index is 1.99. The first-order valence-corrected chi connectivity index (χ1v) is 8.93. The zero-order valence-corrected chi connectivity index (χ0v) is 15.5. The van der Waals surface area contributed by atoms with Crippen LogP contribution in [0.5, 0.6) is 5.75 Å². The zero-order chi connectivity index (χ0) is 16.3. The van der Waals surface area contributed by atoms with E-state index in [2.05, 4.69) is 55.8 Å². The third kappa shape index (κ3) is 4.03. The number of likely N-dealkylation sites (tertiary alicyclic amines) is 1. The van der Waals surface area contributed by atoms with E-state index >= 15 is 0 Å². The number of ether oxygens (including phenoxy) is 1. The van der Waals surface area contributed by atoms with Crippen LogP contribution in [0.3, 0.4) is 0 Å². The van der Waals surface area contributed by atoms with Gasteiger partial charge in [-0.3, -0.25) is 4.79 Å². The number of piperidine rings is 1. The van der Waals surface area contributed by atoms with E-state index in [0.717, 1.165) is 23.1 Å². The van der Waals surface area contributed by atoms with E-state index in [1.807, 2.05) is 11.0 Å². The van der Waals surface area contributed by atoms with Crippen LogP contribution in [0.25, 0.3) is 0 Å². The van der Waals surface area contributed by atoms with Crippen LogP contribution < -0.4 is 4.74 Å². The normalized spacial score (nSPS) is 22.0. The highest BCUT2D eigenvalue weighted by Crippen LogP contribution is 2.29. The Bertz CT molecular complexity index is 520. The van der Waals surface area contributed by atoms with E-state index in [9.17, 15) is 4.79 Å². The van der Waals surface area contributed by atoms with Crippen molar-refractivity contribution in [3.63, 3.8) is 0 Å². The molecule has 1 aromatic rings. The predicted octanol–water partition coefficient (Wildman–Crippen LogP) is 4.74. The molecule has 122 valence electrons. The Morgan fingerprint density at radius 2 is 1.95 bits per heavy atom. The molecule has 1 saturated heterocycles. The number of hydrogen-bond donors (Lipinski definition) is 0. The highest BCUT2D eigenvalue weighted by atomic mass is 79.9. The van der Waals surface area contributed by atoms with Crippen molar-refractivity contribution in [3.8, 4) is 5.75 Å². The average Bonchev–Trinajstić information content (AvgIpc) is 2.45. The van der Waals surface area contributed by atoms with E-state index in [1.165, 1.54) is 12.0 Å². The van der Waals surface area contributed by atoms with Crippen molar-refractivity contribution in [3.05, 3.63) is 28.2 Å². The van der Waals surface area contributed by atoms with Crippen LogP contribution in [-0.2, 0) is 4.79 Å². The van der Waals surface area contributed by atoms with Gasteiger partial charge in [-0.25, -0.2) is 0 Å². The maximum absolute atomic E-state index is 12.5. The molecule has 1 aromatic carbocycles. The Morgan fingerprint density at radius 3 is 2.50 bits per heavy atom. The Kier molecular flexibility index (Phi) is 5.90. The van der Waals surface area contributed by atoms with Gasteiger partial charge < -0.3 is 9.64 Å². The van der Waals surface area contributed by atoms with Gasteiger partial charge in [0, 0.05) is 12.1 Å². The number of nitrogens with zero attached hydrogens (tertiary/aromatic N) is 1. The lowest BCUT2D eigenvalue weighted by molar-refractivity contribution is -0.139. The van der Waals surface area contributed by atoms with E-state index in [1.54, 1.807) is 0 Å². The van der Waals surface area contributed by atoms with Crippen molar-refractivity contribution in [1.82, 2.24) is 4.90 Å². The van der Waals surface area contributed by atoms with Crippen LogP contribution in [0.15, 0.2) is 22.7 Å². The first-order valence-electron chi connectivity index (χ1n) is 8.13. The molecule has 1 amide bonds. The summed E-state index contributed by atoms with van der Waals surface area (Å²) in [5.41, 5.74) is 1.25. The Hall–Kier alpha value is -1.03. The summed E-state index contributed by atoms with van der Waals surface area (Å²) in [7, 11) is 0. The second kappa shape index (κ2) is 7.49. The van der Waals surface area contributed by atoms with Crippen LogP contribution in [0.1, 0.15) is 58.4 Å². The minimum atomic E-state index is 0.0829. The fourth-order valence-corrected chi connectivity index (χ4v) is 3.63. The van der Waals surface area contributed by atoms with E-state index in [-0.39, 0.29) is 12.5 Å². The van der Waals surface area contributed by atoms with Gasteiger partial charge in [0.2, 0.25) is 0 Å². The summed E-state index contributed by atoms with van der Waals surface area (Å²) in [5.74, 6) is 1.29. The summed E-state index contributed by atoms with van der Waals surface area (Å²) in [4.78, 5) is 14.5. The van der Waals surface area contributed by atoms with Crippen molar-refractivity contribution in [1.29, 1.82) is 0 Å². The van der Waals surface area contributed by atoms with Crippen molar-refractivity contribution in [2.45, 2.75) is 65.0 Å². The lowest BCUT2D eigenvalue weighted by Gasteiger charge is -2.39. The molecule has 1 fully saturated rings. The molecule has 0 saturated carbocycles. The molecule has 0 N–H and O–H groups in total. The summed E-state index contributed by atoms with van der Waals surface area (Å²) in [6.07, 6.45) is 3.38. The standard InChI is InChI=1S/C18H26BrNO2/c1-12(2)15-8-9-17(16(19)10-15)22-11-18(21)20-13(3)6-5-7-14(20)4/h8-10,12-14H,5-7,11H2,1-4H3/t13-,14-/m1/s1. The summed E-state index contributed by atoms with van der Waals surface area (Å²) in [5, 5.41) is 0. The summed E-state index contributed by atoms with van der Waals surface area (Å²) in [6.45, 7) is 8.67. The number of amides is 1. The molecule has 0 radical (unpaired) electrons. The van der Waals surface area contributed by atoms with Crippen LogP contribution in [0.2, 0.25) is 0 Å². The summed E-state index contributed by atoms with van der Waals surface area (Å²) < 4.78 is 6.65. The van der Waals surface area contributed by atoms with Crippen molar-refractivity contribution in [2.75, 3.05) is 6.61 Å². The van der Waals surface area contributed by atoms with Crippen molar-refractivity contribution >= 4 is 21.8 Å². The lowest BCUT2D eigenvalue weighted by Crippen LogP contribution is -2.49. The predicted molar refractivity (Wildman–Crippen MR) is 93.3 cm³/mol. The van der Waals surface area contributed by atoms with Gasteiger partial charge in [-0.1, -0.05) is 19.9 Å². The van der Waals surface area contributed by atoms with Crippen LogP contribution >= 0.6 is 15.9 Å². The molecule has 1 aliphatic rings. The molecular weight excluding hydrogens is 342 g/mol. The Morgan fingerprint density at radius 1 is 1.32 bits per heavy atom. The average molecular weight is 368 g/mol. The second-order valence-corrected chi connectivity index (χ2v) is 7.42. The smallest absolute Gasteiger partial charge is 0.260 e. The number of carbonyl (C=O) groups is 1. The molecule has 2 atom stereocenters. The minimum absolute atomic E-state index is 0.0829. The molecule has 1 aliphatic heterocycles. The zero-order valence-electron chi connectivity index (χ0n) is 13.9. The van der Waals surface area contributed by atoms with Crippen LogP contribution in [-0.4, -0.2) is 29.5 Å². The van der Waals surface area contributed by atoms with Gasteiger partial charge in [0.25, 0.3) is 5.91 Å². The third-order valence-electron chi connectivity index (χ3n) is 4.46. The number of hydrogen-bond acceptors (Lipinski definition) is 2. The van der Waals surface area contributed by atoms with E-state index < -0.39 is 0 Å². The minimum Gasteiger partial charge on any atom is -0.483 e. The number of carbonyl (C=O) groups excluding carboxylic acids is 1. The molecule has 0 aromatic heterocycles. The molecule has 1 heterocycles. The highest BCUT2D eigenvalue weighted by molar-refractivity contribution is 9.10. The van der Waals surface area contributed by atoms with E-state index in [4.69, 9.17) is 4.74 Å². The molecule has 22 heavy (non-hydrogen) atoms. The first-order chi connectivity index (χ1) is 10.4. The quantitative estimate of drug-likeness (QED) is 0.768. The molecular formula is C18H26BrNO2. The molecule has 0 aliphatic carbocycles. The SMILES string of the molecule is CC(C)c1ccc(OCC(=O)N2[C@H](C)CCC[C@H]2C)c(Br)c1. The van der Waals surface area contributed by atoms with Gasteiger partial charge in [-0.05, 0) is 72.7 Å². The van der Waals surface area contributed by atoms with Gasteiger partial charge in [0.1, 0.15) is 5.75 Å². The molecule has 0 spiro atoms. The van der Waals surface area contributed by atoms with Crippen LogP contribution in [0.4, 0.5) is 0 Å². The van der Waals surface area contributed by atoms with Gasteiger partial charge in [0.05, 0.1) is 4.47 Å². The van der Waals surface area contributed by atoms with Gasteiger partial charge in [0.15, 0.2) is 6.61 Å². The largest absolute Gasteiger partial charge is 0.483 e. The highest BCUT2D eigenvalue weighted by Gasteiger charge is 2.29. The lowest BCUT2D eigenvalue weighted by atomic mass is 9.97. The van der Waals surface area contributed by atoms with Crippen LogP contribution in [0, 0.1) is 0 Å². The first kappa shape index (κ1) is 17.3. The van der Waals surface area contributed by atoms with Crippen molar-refractivity contribution < 1.29 is 9.53 Å². The number of rotatable bonds is 4. The Labute approximate surface area is 142 Å². The van der Waals surface area contributed by atoms with Gasteiger partial charge in [-0.2, -0.15) is 0 Å². The number of benzene rings is 1. The third-order valence-corrected chi connectivity index (χ3v) is 5.07. The molecule has 2 rings (SSSR count).